The van der Waals surface area contributed by atoms with Crippen LogP contribution in [0.3, 0.4) is 0 Å². The minimum atomic E-state index is -0.287. The Bertz CT molecular complexity index is 475. The lowest BCUT2D eigenvalue weighted by Crippen LogP contribution is -2.30. The summed E-state index contributed by atoms with van der Waals surface area (Å²) in [7, 11) is 1.61. The highest BCUT2D eigenvalue weighted by molar-refractivity contribution is 5.96. The molecule has 21 heavy (non-hydrogen) atoms. The summed E-state index contributed by atoms with van der Waals surface area (Å²) in [6.45, 7) is 5.70. The Morgan fingerprint density at radius 1 is 1.19 bits per heavy atom. The highest BCUT2D eigenvalue weighted by Gasteiger charge is 2.12. The van der Waals surface area contributed by atoms with Crippen LogP contribution in [0.4, 0.5) is 0 Å². The predicted molar refractivity (Wildman–Crippen MR) is 80.2 cm³/mol. The van der Waals surface area contributed by atoms with Crippen molar-refractivity contribution in [2.24, 2.45) is 5.92 Å². The Hall–Kier alpha value is -1.95. The largest absolute Gasteiger partial charge is 0.385 e. The fraction of sp³-hybridized carbons (Fsp3) is 0.533. The number of rotatable bonds is 8. The van der Waals surface area contributed by atoms with Crippen molar-refractivity contribution in [3.63, 3.8) is 0 Å². The molecule has 0 aliphatic rings. The Morgan fingerprint density at radius 3 is 2.38 bits per heavy atom. The molecule has 116 valence electrons. The SMILES string of the molecule is COCCCNC(=O)c1cccc(C(=O)NCC(C)C)n1. The van der Waals surface area contributed by atoms with Crippen LogP contribution in [-0.4, -0.2) is 43.6 Å². The standard InChI is InChI=1S/C15H23N3O3/c1-11(2)10-17-15(20)13-7-4-6-12(18-13)14(19)16-8-5-9-21-3/h4,6-7,11H,5,8-10H2,1-3H3,(H,16,19)(H,17,20). The van der Waals surface area contributed by atoms with Crippen LogP contribution in [0.1, 0.15) is 41.2 Å². The fourth-order valence-corrected chi connectivity index (χ4v) is 1.58. The molecule has 1 aromatic heterocycles. The van der Waals surface area contributed by atoms with Gasteiger partial charge in [0.25, 0.3) is 11.8 Å². The maximum atomic E-state index is 11.9. The first-order valence-electron chi connectivity index (χ1n) is 7.07. The molecule has 2 N–H and O–H groups in total. The third kappa shape index (κ3) is 6.35. The Balaban J connectivity index is 2.58. The summed E-state index contributed by atoms with van der Waals surface area (Å²) in [5, 5.41) is 5.51. The zero-order valence-corrected chi connectivity index (χ0v) is 12.8. The molecule has 0 saturated carbocycles. The average Bonchev–Trinajstić information content (AvgIpc) is 2.49. The molecule has 0 radical (unpaired) electrons. The number of carbonyl (C=O) groups is 2. The number of nitrogens with zero attached hydrogens (tertiary/aromatic N) is 1. The van der Waals surface area contributed by atoms with Gasteiger partial charge in [0, 0.05) is 26.8 Å². The maximum Gasteiger partial charge on any atom is 0.269 e. The lowest BCUT2D eigenvalue weighted by atomic mass is 10.2. The number of amides is 2. The molecule has 0 spiro atoms. The van der Waals surface area contributed by atoms with Gasteiger partial charge in [-0.25, -0.2) is 4.98 Å². The first-order chi connectivity index (χ1) is 10.0. The molecule has 1 heterocycles. The first-order valence-corrected chi connectivity index (χ1v) is 7.07. The van der Waals surface area contributed by atoms with E-state index in [2.05, 4.69) is 15.6 Å². The van der Waals surface area contributed by atoms with Gasteiger partial charge in [-0.2, -0.15) is 0 Å². The quantitative estimate of drug-likeness (QED) is 0.707. The number of nitrogens with one attached hydrogen (secondary N) is 2. The minimum Gasteiger partial charge on any atom is -0.385 e. The van der Waals surface area contributed by atoms with Crippen LogP contribution in [0.2, 0.25) is 0 Å². The Labute approximate surface area is 125 Å². The van der Waals surface area contributed by atoms with Gasteiger partial charge in [0.15, 0.2) is 0 Å². The summed E-state index contributed by atoms with van der Waals surface area (Å²) in [6.07, 6.45) is 0.733. The lowest BCUT2D eigenvalue weighted by Gasteiger charge is -2.08. The molecule has 0 aromatic carbocycles. The van der Waals surface area contributed by atoms with Crippen molar-refractivity contribution in [1.82, 2.24) is 15.6 Å². The van der Waals surface area contributed by atoms with E-state index in [9.17, 15) is 9.59 Å². The van der Waals surface area contributed by atoms with Crippen molar-refractivity contribution >= 4 is 11.8 Å². The lowest BCUT2D eigenvalue weighted by molar-refractivity contribution is 0.0939. The molecule has 6 heteroatoms. The second-order valence-electron chi connectivity index (χ2n) is 5.11. The van der Waals surface area contributed by atoms with Crippen LogP contribution < -0.4 is 10.6 Å². The smallest absolute Gasteiger partial charge is 0.269 e. The van der Waals surface area contributed by atoms with Gasteiger partial charge in [-0.05, 0) is 24.5 Å². The molecular formula is C15H23N3O3. The monoisotopic (exact) mass is 293 g/mol. The second-order valence-corrected chi connectivity index (χ2v) is 5.11. The van der Waals surface area contributed by atoms with E-state index in [4.69, 9.17) is 4.74 Å². The van der Waals surface area contributed by atoms with Gasteiger partial charge in [0.05, 0.1) is 0 Å². The van der Waals surface area contributed by atoms with Crippen molar-refractivity contribution < 1.29 is 14.3 Å². The van der Waals surface area contributed by atoms with Gasteiger partial charge in [0.2, 0.25) is 0 Å². The number of aromatic nitrogens is 1. The molecule has 0 bridgehead atoms. The highest BCUT2D eigenvalue weighted by atomic mass is 16.5. The van der Waals surface area contributed by atoms with Gasteiger partial charge in [-0.15, -0.1) is 0 Å². The van der Waals surface area contributed by atoms with Crippen LogP contribution in [0, 0.1) is 5.92 Å². The molecule has 0 unspecified atom stereocenters. The normalized spacial score (nSPS) is 10.5. The number of hydrogen-bond acceptors (Lipinski definition) is 4. The zero-order valence-electron chi connectivity index (χ0n) is 12.8. The Morgan fingerprint density at radius 2 is 1.81 bits per heavy atom. The summed E-state index contributed by atoms with van der Waals surface area (Å²) in [5.41, 5.74) is 0.491. The molecule has 0 aliphatic carbocycles. The third-order valence-electron chi connectivity index (χ3n) is 2.70. The van der Waals surface area contributed by atoms with E-state index in [1.807, 2.05) is 13.8 Å². The predicted octanol–water partition coefficient (Wildman–Crippen LogP) is 1.23. The maximum absolute atomic E-state index is 11.9. The van der Waals surface area contributed by atoms with E-state index in [1.54, 1.807) is 25.3 Å². The third-order valence-corrected chi connectivity index (χ3v) is 2.70. The molecule has 1 aromatic rings. The van der Waals surface area contributed by atoms with Gasteiger partial charge >= 0.3 is 0 Å². The number of pyridine rings is 1. The molecule has 0 saturated heterocycles. The van der Waals surface area contributed by atoms with Gasteiger partial charge < -0.3 is 15.4 Å². The van der Waals surface area contributed by atoms with Crippen LogP contribution in [0.15, 0.2) is 18.2 Å². The molecule has 6 nitrogen and oxygen atoms in total. The number of hydrogen-bond donors (Lipinski definition) is 2. The average molecular weight is 293 g/mol. The van der Waals surface area contributed by atoms with E-state index in [1.165, 1.54) is 0 Å². The minimum absolute atomic E-state index is 0.240. The summed E-state index contributed by atoms with van der Waals surface area (Å²) in [6, 6.07) is 4.84. The zero-order chi connectivity index (χ0) is 15.7. The molecule has 1 rings (SSSR count). The van der Waals surface area contributed by atoms with Gasteiger partial charge in [-0.1, -0.05) is 19.9 Å². The summed E-state index contributed by atoms with van der Waals surface area (Å²) >= 11 is 0. The Kier molecular flexibility index (Phi) is 7.39. The van der Waals surface area contributed by atoms with E-state index in [0.717, 1.165) is 6.42 Å². The fourth-order valence-electron chi connectivity index (χ4n) is 1.58. The van der Waals surface area contributed by atoms with Crippen molar-refractivity contribution in [1.29, 1.82) is 0 Å². The van der Waals surface area contributed by atoms with E-state index in [-0.39, 0.29) is 23.2 Å². The summed E-state index contributed by atoms with van der Waals surface area (Å²) in [5.74, 6) is -0.191. The van der Waals surface area contributed by atoms with Gasteiger partial charge in [0.1, 0.15) is 11.4 Å². The van der Waals surface area contributed by atoms with Gasteiger partial charge in [-0.3, -0.25) is 9.59 Å². The summed E-state index contributed by atoms with van der Waals surface area (Å²) < 4.78 is 4.91. The number of methoxy groups -OCH3 is 1. The molecule has 2 amide bonds. The van der Waals surface area contributed by atoms with Crippen LogP contribution >= 0.6 is 0 Å². The molecular weight excluding hydrogens is 270 g/mol. The summed E-state index contributed by atoms with van der Waals surface area (Å²) in [4.78, 5) is 27.9. The number of carbonyl (C=O) groups excluding carboxylic acids is 2. The van der Waals surface area contributed by atoms with E-state index in [0.29, 0.717) is 25.6 Å². The number of ether oxygens (including phenoxy) is 1. The van der Waals surface area contributed by atoms with Crippen molar-refractivity contribution in [3.05, 3.63) is 29.6 Å². The highest BCUT2D eigenvalue weighted by Crippen LogP contribution is 2.00. The van der Waals surface area contributed by atoms with E-state index >= 15 is 0 Å². The second kappa shape index (κ2) is 9.07. The van der Waals surface area contributed by atoms with Crippen molar-refractivity contribution in [2.75, 3.05) is 26.8 Å². The molecule has 0 fully saturated rings. The topological polar surface area (TPSA) is 80.3 Å². The van der Waals surface area contributed by atoms with Crippen LogP contribution in [-0.2, 0) is 4.74 Å². The van der Waals surface area contributed by atoms with E-state index < -0.39 is 0 Å². The van der Waals surface area contributed by atoms with Crippen LogP contribution in [0.5, 0.6) is 0 Å². The molecule has 0 atom stereocenters. The first kappa shape index (κ1) is 17.1. The van der Waals surface area contributed by atoms with Crippen molar-refractivity contribution in [2.45, 2.75) is 20.3 Å². The molecule has 0 aliphatic heterocycles. The van der Waals surface area contributed by atoms with Crippen molar-refractivity contribution in [3.8, 4) is 0 Å². The van der Waals surface area contributed by atoms with Crippen LogP contribution in [0.25, 0.3) is 0 Å².